The predicted octanol–water partition coefficient (Wildman–Crippen LogP) is 7.11. The minimum atomic E-state index is -0.424. The van der Waals surface area contributed by atoms with E-state index < -0.39 is 5.24 Å². The van der Waals surface area contributed by atoms with Gasteiger partial charge in [0.15, 0.2) is 0 Å². The molecule has 2 heteroatoms. The first-order valence-electron chi connectivity index (χ1n) is 8.83. The third-order valence-corrected chi connectivity index (χ3v) is 5.06. The Labute approximate surface area is 156 Å². The van der Waals surface area contributed by atoms with Crippen molar-refractivity contribution in [1.29, 1.82) is 0 Å². The molecule has 0 unspecified atom stereocenters. The summed E-state index contributed by atoms with van der Waals surface area (Å²) in [6.07, 6.45) is 14.4. The van der Waals surface area contributed by atoms with Crippen molar-refractivity contribution in [3.63, 3.8) is 0 Å². The van der Waals surface area contributed by atoms with Crippen LogP contribution in [0, 0.1) is 5.41 Å². The van der Waals surface area contributed by atoms with Crippen LogP contribution in [0.2, 0.25) is 0 Å². The van der Waals surface area contributed by atoms with Crippen LogP contribution in [0.5, 0.6) is 0 Å². The Morgan fingerprint density at radius 1 is 1.16 bits per heavy atom. The lowest BCUT2D eigenvalue weighted by atomic mass is 9.72. The molecule has 0 saturated heterocycles. The van der Waals surface area contributed by atoms with Gasteiger partial charge in [0.05, 0.1) is 0 Å². The van der Waals surface area contributed by atoms with Gasteiger partial charge in [-0.05, 0) is 73.4 Å². The normalized spacial score (nSPS) is 18.4. The predicted molar refractivity (Wildman–Crippen MR) is 109 cm³/mol. The summed E-state index contributed by atoms with van der Waals surface area (Å²) in [5.41, 5.74) is 6.05. The summed E-state index contributed by atoms with van der Waals surface area (Å²) in [4.78, 5) is 11.1. The van der Waals surface area contributed by atoms with Gasteiger partial charge in [-0.3, -0.25) is 4.79 Å². The molecule has 0 aliphatic heterocycles. The van der Waals surface area contributed by atoms with E-state index in [1.54, 1.807) is 12.1 Å². The van der Waals surface area contributed by atoms with Crippen LogP contribution in [0.4, 0.5) is 0 Å². The molecule has 1 aliphatic rings. The zero-order valence-electron chi connectivity index (χ0n) is 15.6. The average molecular weight is 355 g/mol. The summed E-state index contributed by atoms with van der Waals surface area (Å²) < 4.78 is 0. The molecule has 0 aromatic heterocycles. The second-order valence-corrected chi connectivity index (χ2v) is 7.77. The molecule has 0 radical (unpaired) electrons. The van der Waals surface area contributed by atoms with Gasteiger partial charge in [-0.15, -0.1) is 0 Å². The van der Waals surface area contributed by atoms with Crippen molar-refractivity contribution >= 4 is 22.9 Å². The molecule has 0 spiro atoms. The first-order valence-corrected chi connectivity index (χ1v) is 9.20. The van der Waals surface area contributed by atoms with E-state index in [4.69, 9.17) is 11.6 Å². The minimum Gasteiger partial charge on any atom is -0.276 e. The number of halogens is 1. The topological polar surface area (TPSA) is 17.1 Å². The molecule has 1 aliphatic carbocycles. The van der Waals surface area contributed by atoms with Crippen molar-refractivity contribution in [2.75, 3.05) is 0 Å². The molecule has 132 valence electrons. The number of allylic oxidation sites excluding steroid dienone is 7. The van der Waals surface area contributed by atoms with Gasteiger partial charge in [0, 0.05) is 5.56 Å². The second-order valence-electron chi connectivity index (χ2n) is 7.43. The molecule has 0 fully saturated rings. The van der Waals surface area contributed by atoms with E-state index >= 15 is 0 Å². The van der Waals surface area contributed by atoms with Crippen LogP contribution in [-0.4, -0.2) is 5.24 Å². The Morgan fingerprint density at radius 3 is 2.44 bits per heavy atom. The smallest absolute Gasteiger partial charge is 0.252 e. The number of carbonyl (C=O) groups is 1. The molecule has 1 aromatic rings. The molecular weight excluding hydrogens is 328 g/mol. The lowest BCUT2D eigenvalue weighted by Gasteiger charge is -2.32. The van der Waals surface area contributed by atoms with E-state index in [-0.39, 0.29) is 5.41 Å². The van der Waals surface area contributed by atoms with E-state index in [1.807, 2.05) is 24.3 Å². The standard InChI is InChI=1S/C23H27ClO/c1-17(10-15-21-18(2)8-6-16-23(21,3)4)7-5-9-19-11-13-20(14-12-19)22(24)25/h5,7,9-15H,6,8,16H2,1-4H3. The Hall–Kier alpha value is -1.86. The fraction of sp³-hybridized carbons (Fsp3) is 0.348. The lowest BCUT2D eigenvalue weighted by Crippen LogP contribution is -2.19. The summed E-state index contributed by atoms with van der Waals surface area (Å²) in [7, 11) is 0. The highest BCUT2D eigenvalue weighted by molar-refractivity contribution is 6.67. The molecule has 2 rings (SSSR count). The molecule has 1 aromatic carbocycles. The van der Waals surface area contributed by atoms with Crippen LogP contribution in [-0.2, 0) is 0 Å². The van der Waals surface area contributed by atoms with Crippen LogP contribution >= 0.6 is 11.6 Å². The van der Waals surface area contributed by atoms with E-state index in [1.165, 1.54) is 36.0 Å². The van der Waals surface area contributed by atoms with Crippen molar-refractivity contribution < 1.29 is 4.79 Å². The Bertz CT molecular complexity index is 743. The van der Waals surface area contributed by atoms with E-state index in [9.17, 15) is 4.79 Å². The number of carbonyl (C=O) groups excluding carboxylic acids is 1. The Kier molecular flexibility index (Phi) is 6.61. The Balaban J connectivity index is 2.05. The third kappa shape index (κ3) is 5.57. The van der Waals surface area contributed by atoms with Crippen molar-refractivity contribution in [3.05, 3.63) is 76.4 Å². The van der Waals surface area contributed by atoms with Crippen LogP contribution in [0.3, 0.4) is 0 Å². The molecule has 25 heavy (non-hydrogen) atoms. The van der Waals surface area contributed by atoms with Crippen molar-refractivity contribution in [2.45, 2.75) is 47.0 Å². The molecule has 0 amide bonds. The van der Waals surface area contributed by atoms with Crippen LogP contribution in [0.1, 0.15) is 62.9 Å². The van der Waals surface area contributed by atoms with Crippen molar-refractivity contribution in [2.24, 2.45) is 5.41 Å². The summed E-state index contributed by atoms with van der Waals surface area (Å²) in [6.45, 7) is 9.05. The van der Waals surface area contributed by atoms with Crippen LogP contribution in [0.25, 0.3) is 6.08 Å². The maximum atomic E-state index is 11.1. The largest absolute Gasteiger partial charge is 0.276 e. The van der Waals surface area contributed by atoms with Crippen molar-refractivity contribution in [3.8, 4) is 0 Å². The monoisotopic (exact) mass is 354 g/mol. The SMILES string of the molecule is CC(C=CC1=C(C)CCCC1(C)C)=CC=Cc1ccc(C(=O)Cl)cc1. The number of benzene rings is 1. The fourth-order valence-corrected chi connectivity index (χ4v) is 3.44. The molecule has 0 N–H and O–H groups in total. The molecule has 0 heterocycles. The molecule has 0 atom stereocenters. The van der Waals surface area contributed by atoms with Gasteiger partial charge in [0.2, 0.25) is 0 Å². The van der Waals surface area contributed by atoms with Crippen molar-refractivity contribution in [1.82, 2.24) is 0 Å². The maximum Gasteiger partial charge on any atom is 0.252 e. The molecular formula is C23H27ClO. The minimum absolute atomic E-state index is 0.274. The first-order chi connectivity index (χ1) is 11.8. The molecule has 0 saturated carbocycles. The van der Waals surface area contributed by atoms with Gasteiger partial charge in [0.1, 0.15) is 0 Å². The maximum absolute atomic E-state index is 11.1. The van der Waals surface area contributed by atoms with Crippen LogP contribution in [0.15, 0.2) is 65.3 Å². The summed E-state index contributed by atoms with van der Waals surface area (Å²) in [6, 6.07) is 7.27. The summed E-state index contributed by atoms with van der Waals surface area (Å²) in [5.74, 6) is 0. The lowest BCUT2D eigenvalue weighted by molar-refractivity contribution is 0.108. The quantitative estimate of drug-likeness (QED) is 0.406. The highest BCUT2D eigenvalue weighted by Crippen LogP contribution is 2.40. The van der Waals surface area contributed by atoms with Gasteiger partial charge in [0.25, 0.3) is 5.24 Å². The van der Waals surface area contributed by atoms with Gasteiger partial charge < -0.3 is 0 Å². The third-order valence-electron chi connectivity index (χ3n) is 4.84. The zero-order valence-corrected chi connectivity index (χ0v) is 16.4. The number of hydrogen-bond acceptors (Lipinski definition) is 1. The van der Waals surface area contributed by atoms with Gasteiger partial charge >= 0.3 is 0 Å². The second kappa shape index (κ2) is 8.49. The van der Waals surface area contributed by atoms with E-state index in [0.29, 0.717) is 5.56 Å². The molecule has 0 bridgehead atoms. The highest BCUT2D eigenvalue weighted by Gasteiger charge is 2.26. The van der Waals surface area contributed by atoms with Gasteiger partial charge in [-0.25, -0.2) is 0 Å². The highest BCUT2D eigenvalue weighted by atomic mass is 35.5. The van der Waals surface area contributed by atoms with Gasteiger partial charge in [-0.1, -0.05) is 67.5 Å². The molecule has 1 nitrogen and oxygen atoms in total. The van der Waals surface area contributed by atoms with Gasteiger partial charge in [-0.2, -0.15) is 0 Å². The first kappa shape index (κ1) is 19.5. The number of hydrogen-bond donors (Lipinski definition) is 0. The summed E-state index contributed by atoms with van der Waals surface area (Å²) in [5, 5.41) is -0.424. The number of rotatable bonds is 5. The Morgan fingerprint density at radius 2 is 1.84 bits per heavy atom. The fourth-order valence-electron chi connectivity index (χ4n) is 3.32. The van der Waals surface area contributed by atoms with Crippen LogP contribution < -0.4 is 0 Å². The zero-order chi connectivity index (χ0) is 18.4. The van der Waals surface area contributed by atoms with E-state index in [0.717, 1.165) is 5.56 Å². The summed E-state index contributed by atoms with van der Waals surface area (Å²) >= 11 is 5.45. The van der Waals surface area contributed by atoms with E-state index in [2.05, 4.69) is 45.9 Å². The average Bonchev–Trinajstić information content (AvgIpc) is 2.54.